The zero-order chi connectivity index (χ0) is 12.6. The fraction of sp³-hybridized carbons (Fsp3) is 0.308. The Kier molecular flexibility index (Phi) is 2.93. The highest BCUT2D eigenvalue weighted by atomic mass is 32.1. The van der Waals surface area contributed by atoms with Gasteiger partial charge in [0, 0.05) is 18.2 Å². The Labute approximate surface area is 105 Å². The molecule has 0 saturated heterocycles. The molecule has 17 heavy (non-hydrogen) atoms. The lowest BCUT2D eigenvalue weighted by atomic mass is 9.97. The minimum atomic E-state index is -0.608. The molecule has 0 radical (unpaired) electrons. The molecule has 2 heterocycles. The van der Waals surface area contributed by atoms with Gasteiger partial charge in [-0.2, -0.15) is 0 Å². The second-order valence-electron chi connectivity index (χ2n) is 4.70. The van der Waals surface area contributed by atoms with Crippen molar-refractivity contribution in [2.45, 2.75) is 19.4 Å². The van der Waals surface area contributed by atoms with Crippen LogP contribution < -0.4 is 11.3 Å². The van der Waals surface area contributed by atoms with Crippen molar-refractivity contribution in [3.8, 4) is 10.6 Å². The van der Waals surface area contributed by atoms with Crippen molar-refractivity contribution in [3.05, 3.63) is 45.6 Å². The molecule has 2 N–H and O–H groups in total. The van der Waals surface area contributed by atoms with E-state index in [1.54, 1.807) is 23.0 Å². The fourth-order valence-electron chi connectivity index (χ4n) is 1.80. The van der Waals surface area contributed by atoms with E-state index in [1.807, 2.05) is 43.5 Å². The van der Waals surface area contributed by atoms with Gasteiger partial charge in [-0.15, -0.1) is 11.3 Å². The van der Waals surface area contributed by atoms with Crippen LogP contribution in [0.1, 0.15) is 19.4 Å². The normalized spacial score (nSPS) is 11.8. The van der Waals surface area contributed by atoms with Crippen molar-refractivity contribution in [1.29, 1.82) is 0 Å². The van der Waals surface area contributed by atoms with Crippen molar-refractivity contribution in [1.82, 2.24) is 4.57 Å². The number of pyridine rings is 1. The van der Waals surface area contributed by atoms with Crippen molar-refractivity contribution >= 4 is 11.3 Å². The number of rotatable bonds is 2. The Hall–Kier alpha value is -1.39. The molecular weight excluding hydrogens is 232 g/mol. The summed E-state index contributed by atoms with van der Waals surface area (Å²) in [5.41, 5.74) is 6.92. The van der Waals surface area contributed by atoms with Crippen LogP contribution in [0.2, 0.25) is 0 Å². The van der Waals surface area contributed by atoms with Crippen molar-refractivity contribution in [3.63, 3.8) is 0 Å². The summed E-state index contributed by atoms with van der Waals surface area (Å²) in [6.45, 7) is 3.68. The Bertz CT molecular complexity index is 576. The maximum Gasteiger partial charge on any atom is 0.255 e. The lowest BCUT2D eigenvalue weighted by Gasteiger charge is -2.19. The number of nitrogens with two attached hydrogens (primary N) is 1. The minimum absolute atomic E-state index is 0.0246. The summed E-state index contributed by atoms with van der Waals surface area (Å²) in [5, 5.41) is 2.00. The lowest BCUT2D eigenvalue weighted by molar-refractivity contribution is 0.541. The van der Waals surface area contributed by atoms with Crippen LogP contribution in [0.3, 0.4) is 0 Å². The Balaban J connectivity index is 2.63. The van der Waals surface area contributed by atoms with Gasteiger partial charge in [-0.05, 0) is 37.4 Å². The van der Waals surface area contributed by atoms with Gasteiger partial charge in [-0.3, -0.25) is 4.79 Å². The molecule has 2 aromatic rings. The van der Waals surface area contributed by atoms with Gasteiger partial charge in [-0.25, -0.2) is 0 Å². The summed E-state index contributed by atoms with van der Waals surface area (Å²) in [4.78, 5) is 13.3. The van der Waals surface area contributed by atoms with E-state index in [1.165, 1.54) is 0 Å². The molecule has 0 unspecified atom stereocenters. The molecular formula is C13H16N2OS. The van der Waals surface area contributed by atoms with E-state index in [9.17, 15) is 4.79 Å². The van der Waals surface area contributed by atoms with Gasteiger partial charge >= 0.3 is 0 Å². The zero-order valence-corrected chi connectivity index (χ0v) is 11.0. The van der Waals surface area contributed by atoms with E-state index in [2.05, 4.69) is 0 Å². The topological polar surface area (TPSA) is 48.0 Å². The first kappa shape index (κ1) is 12.1. The summed E-state index contributed by atoms with van der Waals surface area (Å²) in [5.74, 6) is 0. The van der Waals surface area contributed by atoms with E-state index >= 15 is 0 Å². The molecule has 0 bridgehead atoms. The quantitative estimate of drug-likeness (QED) is 0.886. The van der Waals surface area contributed by atoms with Gasteiger partial charge in [0.25, 0.3) is 5.56 Å². The number of aromatic nitrogens is 1. The van der Waals surface area contributed by atoms with Crippen molar-refractivity contribution < 1.29 is 0 Å². The third-order valence-corrected chi connectivity index (χ3v) is 3.66. The van der Waals surface area contributed by atoms with Crippen LogP contribution >= 0.6 is 11.3 Å². The first-order chi connectivity index (χ1) is 7.91. The molecule has 0 aliphatic carbocycles. The average molecular weight is 248 g/mol. The highest BCUT2D eigenvalue weighted by Gasteiger charge is 2.20. The van der Waals surface area contributed by atoms with Gasteiger partial charge in [0.2, 0.25) is 0 Å². The van der Waals surface area contributed by atoms with Crippen molar-refractivity contribution in [2.24, 2.45) is 12.8 Å². The molecule has 0 amide bonds. The summed E-state index contributed by atoms with van der Waals surface area (Å²) in [6.07, 6.45) is 0. The number of thiophene rings is 1. The summed E-state index contributed by atoms with van der Waals surface area (Å²) < 4.78 is 1.66. The Morgan fingerprint density at radius 3 is 2.53 bits per heavy atom. The molecule has 0 spiro atoms. The summed E-state index contributed by atoms with van der Waals surface area (Å²) >= 11 is 1.62. The van der Waals surface area contributed by atoms with Crippen LogP contribution in [0.15, 0.2) is 34.4 Å². The smallest absolute Gasteiger partial charge is 0.255 e. The first-order valence-electron chi connectivity index (χ1n) is 5.44. The van der Waals surface area contributed by atoms with Crippen LogP contribution in [-0.2, 0) is 12.6 Å². The van der Waals surface area contributed by atoms with E-state index in [4.69, 9.17) is 5.73 Å². The first-order valence-corrected chi connectivity index (χ1v) is 6.32. The number of hydrogen-bond donors (Lipinski definition) is 1. The van der Waals surface area contributed by atoms with Gasteiger partial charge < -0.3 is 10.3 Å². The summed E-state index contributed by atoms with van der Waals surface area (Å²) in [6, 6.07) is 7.77. The van der Waals surface area contributed by atoms with E-state index < -0.39 is 5.54 Å². The molecule has 0 fully saturated rings. The SMILES string of the molecule is Cn1c(-c2cccs2)ccc(C(C)(C)N)c1=O. The molecule has 3 nitrogen and oxygen atoms in total. The lowest BCUT2D eigenvalue weighted by Crippen LogP contribution is -2.37. The molecule has 0 aliphatic rings. The van der Waals surface area contributed by atoms with Crippen molar-refractivity contribution in [2.75, 3.05) is 0 Å². The van der Waals surface area contributed by atoms with Crippen LogP contribution in [0, 0.1) is 0 Å². The predicted molar refractivity (Wildman–Crippen MR) is 72.2 cm³/mol. The van der Waals surface area contributed by atoms with E-state index in [-0.39, 0.29) is 5.56 Å². The fourth-order valence-corrected chi connectivity index (χ4v) is 2.58. The molecule has 0 saturated carbocycles. The number of hydrogen-bond acceptors (Lipinski definition) is 3. The third kappa shape index (κ3) is 2.18. The largest absolute Gasteiger partial charge is 0.322 e. The summed E-state index contributed by atoms with van der Waals surface area (Å²) in [7, 11) is 1.78. The Morgan fingerprint density at radius 1 is 1.29 bits per heavy atom. The molecule has 0 aliphatic heterocycles. The standard InChI is InChI=1S/C13H16N2OS/c1-13(2,14)9-6-7-10(15(3)12(9)16)11-5-4-8-17-11/h4-8H,14H2,1-3H3. The van der Waals surface area contributed by atoms with E-state index in [0.29, 0.717) is 5.56 Å². The van der Waals surface area contributed by atoms with Crippen LogP contribution in [-0.4, -0.2) is 4.57 Å². The molecule has 2 aromatic heterocycles. The van der Waals surface area contributed by atoms with Crippen LogP contribution in [0.5, 0.6) is 0 Å². The molecule has 0 aromatic carbocycles. The predicted octanol–water partition coefficient (Wildman–Crippen LogP) is 2.31. The molecule has 2 rings (SSSR count). The molecule has 90 valence electrons. The minimum Gasteiger partial charge on any atom is -0.322 e. The van der Waals surface area contributed by atoms with Gasteiger partial charge in [-0.1, -0.05) is 6.07 Å². The average Bonchev–Trinajstić information content (AvgIpc) is 2.73. The second kappa shape index (κ2) is 4.13. The highest BCUT2D eigenvalue weighted by Crippen LogP contribution is 2.24. The molecule has 0 atom stereocenters. The zero-order valence-electron chi connectivity index (χ0n) is 10.2. The third-order valence-electron chi connectivity index (χ3n) is 2.77. The van der Waals surface area contributed by atoms with Gasteiger partial charge in [0.05, 0.1) is 10.6 Å². The van der Waals surface area contributed by atoms with E-state index in [0.717, 1.165) is 10.6 Å². The number of nitrogens with zero attached hydrogens (tertiary/aromatic N) is 1. The monoisotopic (exact) mass is 248 g/mol. The highest BCUT2D eigenvalue weighted by molar-refractivity contribution is 7.13. The van der Waals surface area contributed by atoms with Gasteiger partial charge in [0.1, 0.15) is 0 Å². The Morgan fingerprint density at radius 2 is 2.00 bits per heavy atom. The second-order valence-corrected chi connectivity index (χ2v) is 5.64. The van der Waals surface area contributed by atoms with Gasteiger partial charge in [0.15, 0.2) is 0 Å². The van der Waals surface area contributed by atoms with Crippen LogP contribution in [0.4, 0.5) is 0 Å². The maximum absolute atomic E-state index is 12.2. The molecule has 4 heteroatoms. The maximum atomic E-state index is 12.2. The van der Waals surface area contributed by atoms with Crippen LogP contribution in [0.25, 0.3) is 10.6 Å².